The van der Waals surface area contributed by atoms with Gasteiger partial charge in [0.2, 0.25) is 11.6 Å². The minimum atomic E-state index is -0.627. The third kappa shape index (κ3) is 3.06. The highest BCUT2D eigenvalue weighted by Gasteiger charge is 2.17. The molecule has 2 aromatic rings. The molecule has 0 bridgehead atoms. The lowest BCUT2D eigenvalue weighted by Crippen LogP contribution is -2.14. The molecule has 2 rings (SSSR count). The molecule has 0 N–H and O–H groups in total. The zero-order valence-electron chi connectivity index (χ0n) is 11.3. The molecule has 0 spiro atoms. The number of aryl methyl sites for hydroxylation is 1. The predicted octanol–water partition coefficient (Wildman–Crippen LogP) is 2.19. The first-order chi connectivity index (χ1) is 9.61. The van der Waals surface area contributed by atoms with Crippen LogP contribution < -0.4 is 0 Å². The number of nitrogens with zero attached hydrogens (tertiary/aromatic N) is 2. The number of carbonyl (C=O) groups excluding carboxylic acids is 2. The summed E-state index contributed by atoms with van der Waals surface area (Å²) in [4.78, 5) is 31.9. The van der Waals surface area contributed by atoms with Gasteiger partial charge in [-0.1, -0.05) is 30.3 Å². The van der Waals surface area contributed by atoms with Crippen molar-refractivity contribution in [1.82, 2.24) is 9.97 Å². The zero-order chi connectivity index (χ0) is 14.5. The van der Waals surface area contributed by atoms with Crippen LogP contribution in [-0.2, 0) is 4.74 Å². The van der Waals surface area contributed by atoms with Crippen LogP contribution >= 0.6 is 0 Å². The van der Waals surface area contributed by atoms with Crippen molar-refractivity contribution in [3.63, 3.8) is 0 Å². The Balaban J connectivity index is 2.38. The van der Waals surface area contributed by atoms with Crippen molar-refractivity contribution in [3.05, 3.63) is 59.2 Å². The van der Waals surface area contributed by atoms with Crippen molar-refractivity contribution in [3.8, 4) is 0 Å². The van der Waals surface area contributed by atoms with E-state index in [9.17, 15) is 9.59 Å². The second-order valence-corrected chi connectivity index (χ2v) is 4.13. The largest absolute Gasteiger partial charge is 0.460 e. The highest BCUT2D eigenvalue weighted by molar-refractivity contribution is 6.08. The van der Waals surface area contributed by atoms with Gasteiger partial charge in [0, 0.05) is 11.3 Å². The van der Waals surface area contributed by atoms with Crippen LogP contribution in [0.2, 0.25) is 0 Å². The summed E-state index contributed by atoms with van der Waals surface area (Å²) in [5, 5.41) is 0. The maximum atomic E-state index is 12.3. The van der Waals surface area contributed by atoms with Crippen molar-refractivity contribution in [1.29, 1.82) is 0 Å². The molecule has 0 aliphatic heterocycles. The SMILES string of the molecule is CCOC(=O)c1nc(C)cc(C(=O)c2ccccc2)n1. The summed E-state index contributed by atoms with van der Waals surface area (Å²) in [6, 6.07) is 10.3. The average Bonchev–Trinajstić information content (AvgIpc) is 2.47. The van der Waals surface area contributed by atoms with Gasteiger partial charge in [-0.15, -0.1) is 0 Å². The molecule has 0 amide bonds. The van der Waals surface area contributed by atoms with Crippen molar-refractivity contribution in [2.45, 2.75) is 13.8 Å². The number of ether oxygens (including phenoxy) is 1. The molecule has 0 unspecified atom stereocenters. The first-order valence-corrected chi connectivity index (χ1v) is 6.24. The number of rotatable bonds is 4. The molecule has 0 radical (unpaired) electrons. The fraction of sp³-hybridized carbons (Fsp3) is 0.200. The Hall–Kier alpha value is -2.56. The molecule has 0 atom stereocenters. The number of benzene rings is 1. The predicted molar refractivity (Wildman–Crippen MR) is 72.6 cm³/mol. The number of ketones is 1. The van der Waals surface area contributed by atoms with E-state index in [1.807, 2.05) is 6.07 Å². The van der Waals surface area contributed by atoms with Crippen molar-refractivity contribution in [2.75, 3.05) is 6.61 Å². The number of esters is 1. The van der Waals surface area contributed by atoms with E-state index in [1.54, 1.807) is 44.2 Å². The molecule has 0 saturated carbocycles. The zero-order valence-corrected chi connectivity index (χ0v) is 11.3. The molecule has 5 nitrogen and oxygen atoms in total. The van der Waals surface area contributed by atoms with Gasteiger partial charge in [-0.05, 0) is 19.9 Å². The fourth-order valence-electron chi connectivity index (χ4n) is 1.71. The number of aromatic nitrogens is 2. The minimum absolute atomic E-state index is 0.0915. The van der Waals surface area contributed by atoms with Crippen LogP contribution in [0.5, 0.6) is 0 Å². The summed E-state index contributed by atoms with van der Waals surface area (Å²) in [6.45, 7) is 3.63. The molecule has 102 valence electrons. The molecule has 1 aromatic carbocycles. The standard InChI is InChI=1S/C15H14N2O3/c1-3-20-15(19)14-16-10(2)9-12(17-14)13(18)11-7-5-4-6-8-11/h4-9H,3H2,1-2H3. The second kappa shape index (κ2) is 6.06. The van der Waals surface area contributed by atoms with E-state index in [2.05, 4.69) is 9.97 Å². The third-order valence-corrected chi connectivity index (χ3v) is 2.58. The molecule has 0 aliphatic rings. The van der Waals surface area contributed by atoms with Crippen molar-refractivity contribution in [2.24, 2.45) is 0 Å². The maximum absolute atomic E-state index is 12.3. The van der Waals surface area contributed by atoms with Gasteiger partial charge in [-0.2, -0.15) is 0 Å². The normalized spacial score (nSPS) is 10.1. The molecule has 20 heavy (non-hydrogen) atoms. The first kappa shape index (κ1) is 13.9. The number of carbonyl (C=O) groups is 2. The molecule has 5 heteroatoms. The molecule has 0 saturated heterocycles. The first-order valence-electron chi connectivity index (χ1n) is 6.24. The second-order valence-electron chi connectivity index (χ2n) is 4.13. The summed E-state index contributed by atoms with van der Waals surface area (Å²) in [5.41, 5.74) is 1.24. The lowest BCUT2D eigenvalue weighted by Gasteiger charge is -2.05. The Labute approximate surface area is 116 Å². The van der Waals surface area contributed by atoms with E-state index in [0.29, 0.717) is 11.3 Å². The van der Waals surface area contributed by atoms with Crippen LogP contribution in [0, 0.1) is 6.92 Å². The Bertz CT molecular complexity index is 639. The molecule has 1 aromatic heterocycles. The van der Waals surface area contributed by atoms with Gasteiger partial charge >= 0.3 is 5.97 Å². The third-order valence-electron chi connectivity index (χ3n) is 2.58. The van der Waals surface area contributed by atoms with Gasteiger partial charge in [-0.25, -0.2) is 14.8 Å². The Morgan fingerprint density at radius 1 is 1.15 bits per heavy atom. The van der Waals surface area contributed by atoms with Crippen LogP contribution in [-0.4, -0.2) is 28.3 Å². The highest BCUT2D eigenvalue weighted by Crippen LogP contribution is 2.09. The Morgan fingerprint density at radius 2 is 1.85 bits per heavy atom. The van der Waals surface area contributed by atoms with E-state index < -0.39 is 5.97 Å². The Morgan fingerprint density at radius 3 is 2.50 bits per heavy atom. The maximum Gasteiger partial charge on any atom is 0.376 e. The van der Waals surface area contributed by atoms with Gasteiger partial charge in [0.15, 0.2) is 0 Å². The van der Waals surface area contributed by atoms with E-state index in [1.165, 1.54) is 0 Å². The van der Waals surface area contributed by atoms with E-state index >= 15 is 0 Å². The van der Waals surface area contributed by atoms with Crippen LogP contribution in [0.3, 0.4) is 0 Å². The topological polar surface area (TPSA) is 69.2 Å². The van der Waals surface area contributed by atoms with Gasteiger partial charge in [0.1, 0.15) is 5.69 Å². The smallest absolute Gasteiger partial charge is 0.376 e. The Kier molecular flexibility index (Phi) is 4.20. The summed E-state index contributed by atoms with van der Waals surface area (Å²) in [7, 11) is 0. The van der Waals surface area contributed by atoms with Crippen LogP contribution in [0.15, 0.2) is 36.4 Å². The van der Waals surface area contributed by atoms with Gasteiger partial charge in [0.05, 0.1) is 6.61 Å². The fourth-order valence-corrected chi connectivity index (χ4v) is 1.71. The van der Waals surface area contributed by atoms with Crippen LogP contribution in [0.4, 0.5) is 0 Å². The quantitative estimate of drug-likeness (QED) is 0.629. The van der Waals surface area contributed by atoms with Crippen molar-refractivity contribution < 1.29 is 14.3 Å². The summed E-state index contributed by atoms with van der Waals surface area (Å²) >= 11 is 0. The van der Waals surface area contributed by atoms with Gasteiger partial charge < -0.3 is 4.74 Å². The molecular formula is C15H14N2O3. The average molecular weight is 270 g/mol. The van der Waals surface area contributed by atoms with E-state index in [4.69, 9.17) is 4.74 Å². The molecule has 0 fully saturated rings. The molecule has 1 heterocycles. The number of hydrogen-bond donors (Lipinski definition) is 0. The van der Waals surface area contributed by atoms with Crippen molar-refractivity contribution >= 4 is 11.8 Å². The number of hydrogen-bond acceptors (Lipinski definition) is 5. The monoisotopic (exact) mass is 270 g/mol. The molecule has 0 aliphatic carbocycles. The molecular weight excluding hydrogens is 256 g/mol. The van der Waals surface area contributed by atoms with Gasteiger partial charge in [0.25, 0.3) is 0 Å². The van der Waals surface area contributed by atoms with E-state index in [0.717, 1.165) is 0 Å². The lowest BCUT2D eigenvalue weighted by atomic mass is 10.1. The van der Waals surface area contributed by atoms with E-state index in [-0.39, 0.29) is 23.9 Å². The van der Waals surface area contributed by atoms with Gasteiger partial charge in [-0.3, -0.25) is 4.79 Å². The summed E-state index contributed by atoms with van der Waals surface area (Å²) < 4.78 is 4.85. The van der Waals surface area contributed by atoms with Crippen LogP contribution in [0.1, 0.15) is 39.3 Å². The summed E-state index contributed by atoms with van der Waals surface area (Å²) in [5.74, 6) is -0.967. The summed E-state index contributed by atoms with van der Waals surface area (Å²) in [6.07, 6.45) is 0. The lowest BCUT2D eigenvalue weighted by molar-refractivity contribution is 0.0511. The highest BCUT2D eigenvalue weighted by atomic mass is 16.5. The minimum Gasteiger partial charge on any atom is -0.460 e. The van der Waals surface area contributed by atoms with Crippen LogP contribution in [0.25, 0.3) is 0 Å².